The first-order valence-corrected chi connectivity index (χ1v) is 23.9. The number of carbonyl (C=O) groups is 6. The number of ether oxygens (including phenoxy) is 4. The first-order chi connectivity index (χ1) is 31.0. The van der Waals surface area contributed by atoms with E-state index in [1.54, 1.807) is 23.6 Å². The van der Waals surface area contributed by atoms with Gasteiger partial charge in [-0.2, -0.15) is 0 Å². The van der Waals surface area contributed by atoms with Crippen LogP contribution in [-0.2, 0) is 56.4 Å². The van der Waals surface area contributed by atoms with Crippen molar-refractivity contribution in [3.63, 3.8) is 0 Å². The number of alkyl carbamates (subject to hydrolysis) is 2. The minimum atomic E-state index is -1.02. The number of methoxy groups -OCH3 is 4. The highest BCUT2D eigenvalue weighted by Gasteiger charge is 2.43. The van der Waals surface area contributed by atoms with Gasteiger partial charge in [0.05, 0.1) is 74.8 Å². The molecule has 3 aromatic rings. The molecule has 4 amide bonds. The average molecular weight is 938 g/mol. The van der Waals surface area contributed by atoms with Crippen LogP contribution in [0.15, 0.2) is 35.0 Å². The average Bonchev–Trinajstić information content (AvgIpc) is 4.16. The lowest BCUT2D eigenvalue weighted by Gasteiger charge is -2.32. The van der Waals surface area contributed by atoms with E-state index in [9.17, 15) is 28.8 Å². The van der Waals surface area contributed by atoms with Crippen LogP contribution in [0.4, 0.5) is 15.3 Å². The van der Waals surface area contributed by atoms with E-state index < -0.39 is 60.4 Å². The molecule has 1 aromatic carbocycles. The first kappa shape index (κ1) is 49.5. The Morgan fingerprint density at radius 2 is 1.09 bits per heavy atom. The van der Waals surface area contributed by atoms with E-state index in [0.717, 1.165) is 29.9 Å². The zero-order chi connectivity index (χ0) is 47.2. The summed E-state index contributed by atoms with van der Waals surface area (Å²) in [5, 5.41) is 10.5. The molecule has 3 saturated heterocycles. The van der Waals surface area contributed by atoms with E-state index in [4.69, 9.17) is 28.9 Å². The predicted molar refractivity (Wildman–Crippen MR) is 245 cm³/mol. The molecule has 0 saturated carbocycles. The number of hydrogen-bond acceptors (Lipinski definition) is 15. The summed E-state index contributed by atoms with van der Waals surface area (Å²) in [6.45, 7) is 10.7. The predicted octanol–water partition coefficient (Wildman–Crippen LogP) is 5.70. The summed E-state index contributed by atoms with van der Waals surface area (Å²) >= 11 is 2.85. The number of nitrogens with one attached hydrogen (secondary N) is 2. The van der Waals surface area contributed by atoms with Gasteiger partial charge in [-0.25, -0.2) is 19.6 Å². The maximum Gasteiger partial charge on any atom is 0.407 e. The first-order valence-electron chi connectivity index (χ1n) is 22.2. The fourth-order valence-electron chi connectivity index (χ4n) is 9.03. The number of aromatic nitrogens is 2. The second kappa shape index (κ2) is 21.5. The number of carbonyl (C=O) groups excluding carboxylic acids is 6. The van der Waals surface area contributed by atoms with Crippen LogP contribution in [0.25, 0.3) is 0 Å². The Hall–Kier alpha value is -4.98. The Labute approximate surface area is 388 Å². The maximum atomic E-state index is 13.9. The number of rotatable bonds is 17. The molecule has 3 aliphatic heterocycles. The summed E-state index contributed by atoms with van der Waals surface area (Å²) < 4.78 is 20.3. The zero-order valence-corrected chi connectivity index (χ0v) is 40.4. The minimum absolute atomic E-state index is 0.0460. The summed E-state index contributed by atoms with van der Waals surface area (Å²) in [6.07, 6.45) is 1.17. The second-order valence-electron chi connectivity index (χ2n) is 17.9. The number of anilines is 1. The van der Waals surface area contributed by atoms with Crippen LogP contribution in [-0.4, -0.2) is 133 Å². The highest BCUT2D eigenvalue weighted by molar-refractivity contribution is 7.10. The monoisotopic (exact) mass is 937 g/mol. The van der Waals surface area contributed by atoms with Gasteiger partial charge in [-0.05, 0) is 75.5 Å². The van der Waals surface area contributed by atoms with E-state index >= 15 is 0 Å². The topological polar surface area (TPSA) is 199 Å². The Balaban J connectivity index is 1.19. The molecule has 6 rings (SSSR count). The summed E-state index contributed by atoms with van der Waals surface area (Å²) in [4.78, 5) is 95.0. The number of ketones is 2. The number of likely N-dealkylation sites (tertiary alicyclic amines) is 2. The van der Waals surface area contributed by atoms with Gasteiger partial charge in [-0.3, -0.25) is 19.2 Å². The standard InChI is InChI=1S/C46H63N7O10S2/c1-26(60-6)40(49-44(58)62-8)42(56)51-20-10-12-34(51)36(54)22-38-47-30(24-64-38)32-18-19-33(53(32)29-16-14-28(15-17-29)46(3,4)5)31-25-65-39(48-31)23-37(55)35-13-11-21-52(35)43(57)41(27(2)61-7)50-45(59)63-9/h14-17,24-27,32-35,40-41H,10-13,18-23H2,1-9H3,(H,49,58)(H,50,59)/t26-,27-,32-,33-,34+,35+,40+,41+/m1/s1. The maximum absolute atomic E-state index is 13.9. The smallest absolute Gasteiger partial charge is 0.407 e. The Morgan fingerprint density at radius 3 is 1.46 bits per heavy atom. The van der Waals surface area contributed by atoms with Crippen molar-refractivity contribution in [3.05, 3.63) is 62.0 Å². The van der Waals surface area contributed by atoms with E-state index in [0.29, 0.717) is 48.8 Å². The molecular weight excluding hydrogens is 875 g/mol. The fourth-order valence-corrected chi connectivity index (χ4v) is 10.7. The van der Waals surface area contributed by atoms with Gasteiger partial charge in [0.2, 0.25) is 11.8 Å². The number of nitrogens with zero attached hydrogens (tertiary/aromatic N) is 5. The molecular formula is C46H63N7O10S2. The Bertz CT molecular complexity index is 2050. The molecule has 8 atom stereocenters. The number of hydrogen-bond donors (Lipinski definition) is 2. The molecule has 65 heavy (non-hydrogen) atoms. The number of benzene rings is 1. The van der Waals surface area contributed by atoms with E-state index in [-0.39, 0.29) is 41.9 Å². The van der Waals surface area contributed by atoms with Crippen LogP contribution < -0.4 is 15.5 Å². The largest absolute Gasteiger partial charge is 0.453 e. The van der Waals surface area contributed by atoms with Gasteiger partial charge in [-0.15, -0.1) is 22.7 Å². The molecule has 0 spiro atoms. The normalized spacial score (nSPS) is 21.7. The van der Waals surface area contributed by atoms with E-state index in [1.165, 1.54) is 56.7 Å². The van der Waals surface area contributed by atoms with Gasteiger partial charge in [0, 0.05) is 43.8 Å². The third kappa shape index (κ3) is 11.4. The molecule has 5 heterocycles. The number of thiazole rings is 2. The van der Waals surface area contributed by atoms with Crippen LogP contribution in [0.2, 0.25) is 0 Å². The second-order valence-corrected chi connectivity index (χ2v) is 19.8. The van der Waals surface area contributed by atoms with Crippen molar-refractivity contribution < 1.29 is 47.7 Å². The lowest BCUT2D eigenvalue weighted by molar-refractivity contribution is -0.141. The molecule has 354 valence electrons. The summed E-state index contributed by atoms with van der Waals surface area (Å²) in [5.74, 6) is -1.03. The molecule has 0 radical (unpaired) electrons. The molecule has 2 aromatic heterocycles. The van der Waals surface area contributed by atoms with Crippen LogP contribution in [0, 0.1) is 0 Å². The van der Waals surface area contributed by atoms with Crippen molar-refractivity contribution in [2.24, 2.45) is 0 Å². The molecule has 0 unspecified atom stereocenters. The molecule has 19 heteroatoms. The minimum Gasteiger partial charge on any atom is -0.453 e. The lowest BCUT2D eigenvalue weighted by atomic mass is 9.87. The van der Waals surface area contributed by atoms with Gasteiger partial charge in [0.25, 0.3) is 0 Å². The molecule has 3 fully saturated rings. The third-order valence-corrected chi connectivity index (χ3v) is 14.6. The highest BCUT2D eigenvalue weighted by Crippen LogP contribution is 2.47. The quantitative estimate of drug-likeness (QED) is 0.167. The molecule has 3 aliphatic rings. The Kier molecular flexibility index (Phi) is 16.4. The van der Waals surface area contributed by atoms with Crippen molar-refractivity contribution in [2.45, 2.75) is 140 Å². The van der Waals surface area contributed by atoms with Crippen LogP contribution in [0.1, 0.15) is 112 Å². The molecule has 0 aliphatic carbocycles. The zero-order valence-electron chi connectivity index (χ0n) is 38.8. The lowest BCUT2D eigenvalue weighted by Crippen LogP contribution is -2.56. The van der Waals surface area contributed by atoms with Gasteiger partial charge in [0.15, 0.2) is 11.6 Å². The van der Waals surface area contributed by atoms with Crippen molar-refractivity contribution in [1.29, 1.82) is 0 Å². The fraction of sp³-hybridized carbons (Fsp3) is 0.609. The SMILES string of the molecule is COC(=O)N[C@H](C(=O)N1CCC[C@H]1C(=O)Cc1nc([C@H]2CC[C@H](c3csc(CC(=O)[C@@H]4CCCN4C(=O)[C@@H](NC(=O)OC)[C@@H](C)OC)n3)N2c2ccc(C(C)(C)C)cc2)cs1)[C@@H](C)OC. The molecule has 0 bridgehead atoms. The summed E-state index contributed by atoms with van der Waals surface area (Å²) in [5.41, 5.74) is 3.84. The summed E-state index contributed by atoms with van der Waals surface area (Å²) in [6, 6.07) is 4.97. The number of amides is 4. The van der Waals surface area contributed by atoms with E-state index in [1.807, 2.05) is 10.8 Å². The Morgan fingerprint density at radius 1 is 0.677 bits per heavy atom. The van der Waals surface area contributed by atoms with Gasteiger partial charge in [-0.1, -0.05) is 32.9 Å². The van der Waals surface area contributed by atoms with Gasteiger partial charge in [0.1, 0.15) is 22.1 Å². The van der Waals surface area contributed by atoms with Crippen molar-refractivity contribution in [3.8, 4) is 0 Å². The highest BCUT2D eigenvalue weighted by atomic mass is 32.1. The van der Waals surface area contributed by atoms with Crippen LogP contribution in [0.3, 0.4) is 0 Å². The van der Waals surface area contributed by atoms with Crippen molar-refractivity contribution in [1.82, 2.24) is 30.4 Å². The van der Waals surface area contributed by atoms with Crippen LogP contribution >= 0.6 is 22.7 Å². The van der Waals surface area contributed by atoms with Crippen molar-refractivity contribution in [2.75, 3.05) is 46.4 Å². The van der Waals surface area contributed by atoms with Crippen molar-refractivity contribution >= 4 is 63.9 Å². The van der Waals surface area contributed by atoms with E-state index in [2.05, 4.69) is 60.6 Å². The van der Waals surface area contributed by atoms with Gasteiger partial charge >= 0.3 is 12.2 Å². The molecule has 17 nitrogen and oxygen atoms in total. The van der Waals surface area contributed by atoms with Gasteiger partial charge < -0.3 is 44.3 Å². The van der Waals surface area contributed by atoms with Crippen LogP contribution in [0.5, 0.6) is 0 Å². The molecule has 2 N–H and O–H groups in total. The summed E-state index contributed by atoms with van der Waals surface area (Å²) in [7, 11) is 5.35. The number of Topliss-reactive ketones (excluding diaryl/α,β-unsaturated/α-hetero) is 2. The third-order valence-electron chi connectivity index (χ3n) is 12.8.